The van der Waals surface area contributed by atoms with Crippen molar-refractivity contribution in [3.63, 3.8) is 0 Å². The van der Waals surface area contributed by atoms with Crippen LogP contribution in [0.15, 0.2) is 23.1 Å². The third-order valence-corrected chi connectivity index (χ3v) is 3.72. The molecule has 0 amide bonds. The number of carbonyl (C=O) groups is 1. The monoisotopic (exact) mass is 312 g/mol. The van der Waals surface area contributed by atoms with E-state index in [4.69, 9.17) is 4.74 Å². The van der Waals surface area contributed by atoms with E-state index in [0.29, 0.717) is 31.0 Å². The quantitative estimate of drug-likeness (QED) is 0.511. The van der Waals surface area contributed by atoms with Crippen molar-refractivity contribution in [2.75, 3.05) is 51.5 Å². The zero-order valence-corrected chi connectivity index (χ0v) is 13.7. The summed E-state index contributed by atoms with van der Waals surface area (Å²) >= 11 is 1.54. The number of hydrogen-bond acceptors (Lipinski definition) is 5. The van der Waals surface area contributed by atoms with Crippen molar-refractivity contribution in [2.45, 2.75) is 11.8 Å². The fourth-order valence-corrected chi connectivity index (χ4v) is 2.61. The molecule has 0 radical (unpaired) electrons. The normalized spacial score (nSPS) is 10.9. The molecule has 0 unspecified atom stereocenters. The first kappa shape index (κ1) is 17.8. The number of ether oxygens (including phenoxy) is 1. The molecule has 0 aliphatic carbocycles. The Bertz CT molecular complexity index is 453. The minimum atomic E-state index is -0.900. The SMILES string of the molecule is CCSc1cccc(NCCOCCN(C)C)c1C(=O)O. The van der Waals surface area contributed by atoms with Crippen molar-refractivity contribution in [1.82, 2.24) is 4.90 Å². The Hall–Kier alpha value is -1.24. The fraction of sp³-hybridized carbons (Fsp3) is 0.533. The van der Waals surface area contributed by atoms with Gasteiger partial charge >= 0.3 is 5.97 Å². The third kappa shape index (κ3) is 6.37. The number of thioether (sulfide) groups is 1. The predicted octanol–water partition coefficient (Wildman–Crippen LogP) is 2.49. The number of aromatic carboxylic acids is 1. The maximum Gasteiger partial charge on any atom is 0.338 e. The van der Waals surface area contributed by atoms with Crippen molar-refractivity contribution < 1.29 is 14.6 Å². The number of benzene rings is 1. The Kier molecular flexibility index (Phi) is 8.19. The van der Waals surface area contributed by atoms with Gasteiger partial charge in [-0.2, -0.15) is 0 Å². The van der Waals surface area contributed by atoms with E-state index in [1.54, 1.807) is 6.07 Å². The number of hydrogen-bond donors (Lipinski definition) is 2. The Morgan fingerprint density at radius 2 is 2.14 bits per heavy atom. The number of carboxylic acid groups (broad SMARTS) is 1. The summed E-state index contributed by atoms with van der Waals surface area (Å²) in [6.07, 6.45) is 0. The van der Waals surface area contributed by atoms with E-state index >= 15 is 0 Å². The predicted molar refractivity (Wildman–Crippen MR) is 87.7 cm³/mol. The molecule has 1 aromatic carbocycles. The van der Waals surface area contributed by atoms with E-state index in [2.05, 4.69) is 10.2 Å². The van der Waals surface area contributed by atoms with E-state index < -0.39 is 5.97 Å². The van der Waals surface area contributed by atoms with E-state index in [0.717, 1.165) is 17.2 Å². The molecule has 0 aromatic heterocycles. The van der Waals surface area contributed by atoms with Crippen LogP contribution in [-0.2, 0) is 4.74 Å². The van der Waals surface area contributed by atoms with Crippen LogP contribution in [-0.4, -0.2) is 62.1 Å². The summed E-state index contributed by atoms with van der Waals surface area (Å²) in [5.74, 6) is -0.0558. The second kappa shape index (κ2) is 9.65. The molecule has 0 saturated carbocycles. The highest BCUT2D eigenvalue weighted by atomic mass is 32.2. The van der Waals surface area contributed by atoms with Crippen LogP contribution in [0.1, 0.15) is 17.3 Å². The fourth-order valence-electron chi connectivity index (χ4n) is 1.78. The summed E-state index contributed by atoms with van der Waals surface area (Å²) in [6.45, 7) is 4.70. The van der Waals surface area contributed by atoms with E-state index in [1.807, 2.05) is 33.2 Å². The van der Waals surface area contributed by atoms with Crippen molar-refractivity contribution in [3.05, 3.63) is 23.8 Å². The molecule has 118 valence electrons. The first-order valence-electron chi connectivity index (χ1n) is 7.01. The zero-order chi connectivity index (χ0) is 15.7. The van der Waals surface area contributed by atoms with Crippen LogP contribution in [0.5, 0.6) is 0 Å². The van der Waals surface area contributed by atoms with E-state index in [1.165, 1.54) is 11.8 Å². The molecule has 6 heteroatoms. The van der Waals surface area contributed by atoms with Gasteiger partial charge in [0, 0.05) is 23.7 Å². The highest BCUT2D eigenvalue weighted by Crippen LogP contribution is 2.28. The van der Waals surface area contributed by atoms with Gasteiger partial charge in [0.25, 0.3) is 0 Å². The Morgan fingerprint density at radius 3 is 2.76 bits per heavy atom. The van der Waals surface area contributed by atoms with Gasteiger partial charge in [-0.3, -0.25) is 0 Å². The molecule has 1 rings (SSSR count). The number of nitrogens with one attached hydrogen (secondary N) is 1. The minimum absolute atomic E-state index is 0.345. The van der Waals surface area contributed by atoms with Crippen LogP contribution in [0.3, 0.4) is 0 Å². The molecule has 5 nitrogen and oxygen atoms in total. The Balaban J connectivity index is 2.54. The largest absolute Gasteiger partial charge is 0.478 e. The summed E-state index contributed by atoms with van der Waals surface area (Å²) in [4.78, 5) is 14.3. The molecule has 0 saturated heterocycles. The lowest BCUT2D eigenvalue weighted by atomic mass is 10.2. The van der Waals surface area contributed by atoms with E-state index in [9.17, 15) is 9.90 Å². The number of carboxylic acids is 1. The van der Waals surface area contributed by atoms with Gasteiger partial charge in [0.05, 0.1) is 18.8 Å². The second-order valence-corrected chi connectivity index (χ2v) is 6.07. The van der Waals surface area contributed by atoms with Gasteiger partial charge in [-0.1, -0.05) is 13.0 Å². The van der Waals surface area contributed by atoms with Gasteiger partial charge in [0.1, 0.15) is 0 Å². The highest BCUT2D eigenvalue weighted by molar-refractivity contribution is 7.99. The molecule has 0 bridgehead atoms. The molecule has 1 aromatic rings. The molecule has 0 spiro atoms. The molecule has 2 N–H and O–H groups in total. The molecular formula is C15H24N2O3S. The topological polar surface area (TPSA) is 61.8 Å². The van der Waals surface area contributed by atoms with Crippen LogP contribution >= 0.6 is 11.8 Å². The lowest BCUT2D eigenvalue weighted by Gasteiger charge is -2.13. The lowest BCUT2D eigenvalue weighted by Crippen LogP contribution is -2.20. The first-order valence-corrected chi connectivity index (χ1v) is 8.00. The zero-order valence-electron chi connectivity index (χ0n) is 12.9. The summed E-state index contributed by atoms with van der Waals surface area (Å²) in [5.41, 5.74) is 0.995. The number of nitrogens with zero attached hydrogens (tertiary/aromatic N) is 1. The van der Waals surface area contributed by atoms with Gasteiger partial charge in [-0.15, -0.1) is 11.8 Å². The van der Waals surface area contributed by atoms with Gasteiger partial charge in [-0.05, 0) is 32.0 Å². The molecule has 0 heterocycles. The van der Waals surface area contributed by atoms with Crippen LogP contribution in [0.4, 0.5) is 5.69 Å². The van der Waals surface area contributed by atoms with Gasteiger partial charge < -0.3 is 20.1 Å². The van der Waals surface area contributed by atoms with Crippen molar-refractivity contribution in [1.29, 1.82) is 0 Å². The molecule has 0 fully saturated rings. The molecule has 0 atom stereocenters. The summed E-state index contributed by atoms with van der Waals surface area (Å²) < 4.78 is 5.49. The molecule has 21 heavy (non-hydrogen) atoms. The molecule has 0 aliphatic heterocycles. The Morgan fingerprint density at radius 1 is 1.38 bits per heavy atom. The average molecular weight is 312 g/mol. The van der Waals surface area contributed by atoms with Gasteiger partial charge in [0.15, 0.2) is 0 Å². The lowest BCUT2D eigenvalue weighted by molar-refractivity contribution is 0.0694. The van der Waals surface area contributed by atoms with Crippen LogP contribution in [0.2, 0.25) is 0 Å². The van der Waals surface area contributed by atoms with Crippen molar-refractivity contribution >= 4 is 23.4 Å². The molecular weight excluding hydrogens is 288 g/mol. The summed E-state index contributed by atoms with van der Waals surface area (Å²) in [6, 6.07) is 5.51. The van der Waals surface area contributed by atoms with Crippen LogP contribution < -0.4 is 5.32 Å². The minimum Gasteiger partial charge on any atom is -0.478 e. The van der Waals surface area contributed by atoms with Crippen molar-refractivity contribution in [3.8, 4) is 0 Å². The summed E-state index contributed by atoms with van der Waals surface area (Å²) in [7, 11) is 4.00. The standard InChI is InChI=1S/C15H24N2O3S/c1-4-21-13-7-5-6-12(14(13)15(18)19)16-8-10-20-11-9-17(2)3/h5-7,16H,4,8-11H2,1-3H3,(H,18,19). The highest BCUT2D eigenvalue weighted by Gasteiger charge is 2.15. The molecule has 0 aliphatic rings. The number of anilines is 1. The van der Waals surface area contributed by atoms with Gasteiger partial charge in [-0.25, -0.2) is 4.79 Å². The maximum absolute atomic E-state index is 11.4. The van der Waals surface area contributed by atoms with Crippen LogP contribution in [0.25, 0.3) is 0 Å². The number of likely N-dealkylation sites (N-methyl/N-ethyl adjacent to an activating group) is 1. The van der Waals surface area contributed by atoms with Crippen molar-refractivity contribution in [2.24, 2.45) is 0 Å². The average Bonchev–Trinajstić information content (AvgIpc) is 2.42. The first-order chi connectivity index (χ1) is 10.1. The van der Waals surface area contributed by atoms with Gasteiger partial charge in [0.2, 0.25) is 0 Å². The smallest absolute Gasteiger partial charge is 0.338 e. The second-order valence-electron chi connectivity index (χ2n) is 4.76. The number of rotatable bonds is 10. The summed E-state index contributed by atoms with van der Waals surface area (Å²) in [5, 5.41) is 12.5. The van der Waals surface area contributed by atoms with Crippen LogP contribution in [0, 0.1) is 0 Å². The third-order valence-electron chi connectivity index (χ3n) is 2.78. The van der Waals surface area contributed by atoms with E-state index in [-0.39, 0.29) is 0 Å². The maximum atomic E-state index is 11.4. The Labute approximate surface area is 130 Å².